The van der Waals surface area contributed by atoms with Gasteiger partial charge in [0.25, 0.3) is 0 Å². The van der Waals surface area contributed by atoms with Crippen LogP contribution in [0.2, 0.25) is 0 Å². The molecule has 0 fully saturated rings. The molecule has 0 aliphatic heterocycles. The predicted molar refractivity (Wildman–Crippen MR) is 62.8 cm³/mol. The van der Waals surface area contributed by atoms with Crippen LogP contribution in [0.3, 0.4) is 0 Å². The number of hydrogen-bond donors (Lipinski definition) is 3. The average Bonchev–Trinajstić information content (AvgIpc) is 2.29. The summed E-state index contributed by atoms with van der Waals surface area (Å²) >= 11 is 0. The summed E-state index contributed by atoms with van der Waals surface area (Å²) in [6.45, 7) is 4.75. The third-order valence-corrected chi connectivity index (χ3v) is 1.59. The van der Waals surface area contributed by atoms with Crippen LogP contribution in [0.25, 0.3) is 0 Å². The van der Waals surface area contributed by atoms with Crippen LogP contribution in [-0.2, 0) is 6.54 Å². The Bertz CT molecular complexity index is 293. The van der Waals surface area contributed by atoms with Crippen LogP contribution in [0.1, 0.15) is 31.4 Å². The van der Waals surface area contributed by atoms with Gasteiger partial charge in [-0.1, -0.05) is 49.7 Å². The van der Waals surface area contributed by atoms with Crippen LogP contribution in [0.15, 0.2) is 29.4 Å². The summed E-state index contributed by atoms with van der Waals surface area (Å²) in [5.41, 5.74) is 12.5. The Hall–Kier alpha value is -1.55. The summed E-state index contributed by atoms with van der Waals surface area (Å²) in [6.07, 6.45) is 1.25. The first-order valence-corrected chi connectivity index (χ1v) is 4.96. The van der Waals surface area contributed by atoms with Crippen molar-refractivity contribution in [2.75, 3.05) is 0 Å². The molecule has 0 aliphatic rings. The zero-order chi connectivity index (χ0) is 11.7. The van der Waals surface area contributed by atoms with E-state index in [0.717, 1.165) is 5.56 Å². The van der Waals surface area contributed by atoms with Crippen LogP contribution in [0, 0.1) is 0 Å². The highest BCUT2D eigenvalue weighted by atomic mass is 16.4. The van der Waals surface area contributed by atoms with Gasteiger partial charge in [-0.15, -0.1) is 0 Å². The Morgan fingerprint density at radius 1 is 1.27 bits per heavy atom. The first-order valence-electron chi connectivity index (χ1n) is 4.96. The first-order chi connectivity index (χ1) is 7.19. The van der Waals surface area contributed by atoms with Crippen LogP contribution < -0.4 is 11.5 Å². The minimum absolute atomic E-state index is 0.110. The van der Waals surface area contributed by atoms with E-state index in [4.69, 9.17) is 16.7 Å². The highest BCUT2D eigenvalue weighted by molar-refractivity contribution is 5.96. The van der Waals surface area contributed by atoms with Crippen molar-refractivity contribution in [3.8, 4) is 0 Å². The first kappa shape index (κ1) is 13.4. The van der Waals surface area contributed by atoms with Crippen molar-refractivity contribution < 1.29 is 5.21 Å². The fraction of sp³-hybridized carbons (Fsp3) is 0.364. The third kappa shape index (κ3) is 5.02. The highest BCUT2D eigenvalue weighted by Gasteiger charge is 1.97. The summed E-state index contributed by atoms with van der Waals surface area (Å²) in [5, 5.41) is 11.2. The van der Waals surface area contributed by atoms with E-state index >= 15 is 0 Å². The fourth-order valence-electron chi connectivity index (χ4n) is 0.869. The van der Waals surface area contributed by atoms with Crippen LogP contribution in [0.5, 0.6) is 0 Å². The lowest BCUT2D eigenvalue weighted by Gasteiger charge is -1.99. The van der Waals surface area contributed by atoms with Crippen molar-refractivity contribution in [3.05, 3.63) is 35.4 Å². The van der Waals surface area contributed by atoms with Gasteiger partial charge in [-0.2, -0.15) is 0 Å². The topological polar surface area (TPSA) is 84.6 Å². The Morgan fingerprint density at radius 2 is 1.73 bits per heavy atom. The van der Waals surface area contributed by atoms with Crippen LogP contribution in [-0.4, -0.2) is 11.0 Å². The largest absolute Gasteiger partial charge is 0.409 e. The van der Waals surface area contributed by atoms with Gasteiger partial charge < -0.3 is 16.7 Å². The Kier molecular flexibility index (Phi) is 7.01. The fourth-order valence-corrected chi connectivity index (χ4v) is 0.869. The number of hydrogen-bond acceptors (Lipinski definition) is 3. The van der Waals surface area contributed by atoms with Gasteiger partial charge in [-0.25, -0.2) is 0 Å². The van der Waals surface area contributed by atoms with Crippen LogP contribution in [0.4, 0.5) is 0 Å². The number of rotatable bonds is 2. The summed E-state index contributed by atoms with van der Waals surface area (Å²) in [6, 6.07) is 7.20. The summed E-state index contributed by atoms with van der Waals surface area (Å²) in [4.78, 5) is 0. The second-order valence-corrected chi connectivity index (χ2v) is 3.09. The smallest absolute Gasteiger partial charge is 0.170 e. The van der Waals surface area contributed by atoms with Gasteiger partial charge in [0.1, 0.15) is 0 Å². The summed E-state index contributed by atoms with van der Waals surface area (Å²) in [7, 11) is 0. The lowest BCUT2D eigenvalue weighted by molar-refractivity contribution is 0.318. The molecule has 0 radical (unpaired) electrons. The lowest BCUT2D eigenvalue weighted by Crippen LogP contribution is -2.12. The molecule has 1 aromatic rings. The monoisotopic (exact) mass is 209 g/mol. The number of benzene rings is 1. The SMILES string of the molecule is CCC.NCc1ccc(/C(N)=N/O)cc1. The Morgan fingerprint density at radius 3 is 2.07 bits per heavy atom. The van der Waals surface area contributed by atoms with E-state index < -0.39 is 0 Å². The molecular weight excluding hydrogens is 190 g/mol. The maximum Gasteiger partial charge on any atom is 0.170 e. The normalized spacial score (nSPS) is 10.5. The van der Waals surface area contributed by atoms with Gasteiger partial charge >= 0.3 is 0 Å². The van der Waals surface area contributed by atoms with Gasteiger partial charge in [-0.05, 0) is 5.56 Å². The van der Waals surface area contributed by atoms with Crippen molar-refractivity contribution in [2.24, 2.45) is 16.6 Å². The van der Waals surface area contributed by atoms with Gasteiger partial charge in [0, 0.05) is 12.1 Å². The minimum Gasteiger partial charge on any atom is -0.409 e. The summed E-state index contributed by atoms with van der Waals surface area (Å²) < 4.78 is 0. The van der Waals surface area contributed by atoms with E-state index in [1.54, 1.807) is 12.1 Å². The molecule has 0 atom stereocenters. The molecule has 0 heterocycles. The Labute approximate surface area is 90.6 Å². The van der Waals surface area contributed by atoms with Crippen molar-refractivity contribution in [2.45, 2.75) is 26.8 Å². The second-order valence-electron chi connectivity index (χ2n) is 3.09. The number of nitrogens with zero attached hydrogens (tertiary/aromatic N) is 1. The molecule has 0 unspecified atom stereocenters. The van der Waals surface area contributed by atoms with Gasteiger partial charge in [0.05, 0.1) is 0 Å². The lowest BCUT2D eigenvalue weighted by atomic mass is 10.1. The van der Waals surface area contributed by atoms with E-state index in [2.05, 4.69) is 19.0 Å². The van der Waals surface area contributed by atoms with Crippen molar-refractivity contribution >= 4 is 5.84 Å². The molecule has 1 aromatic carbocycles. The summed E-state index contributed by atoms with van der Waals surface area (Å²) in [5.74, 6) is 0.110. The Balaban J connectivity index is 0.000000583. The molecule has 4 nitrogen and oxygen atoms in total. The van der Waals surface area contributed by atoms with E-state index in [-0.39, 0.29) is 5.84 Å². The molecule has 0 bridgehead atoms. The molecule has 5 N–H and O–H groups in total. The van der Waals surface area contributed by atoms with Crippen molar-refractivity contribution in [1.82, 2.24) is 0 Å². The molecule has 15 heavy (non-hydrogen) atoms. The van der Waals surface area contributed by atoms with Crippen molar-refractivity contribution in [3.63, 3.8) is 0 Å². The van der Waals surface area contributed by atoms with E-state index in [9.17, 15) is 0 Å². The zero-order valence-electron chi connectivity index (χ0n) is 9.27. The maximum atomic E-state index is 8.35. The van der Waals surface area contributed by atoms with Gasteiger partial charge in [-0.3, -0.25) is 0 Å². The van der Waals surface area contributed by atoms with E-state index in [1.807, 2.05) is 12.1 Å². The van der Waals surface area contributed by atoms with Crippen molar-refractivity contribution in [1.29, 1.82) is 0 Å². The molecular formula is C11H19N3O. The zero-order valence-corrected chi connectivity index (χ0v) is 9.27. The molecule has 0 amide bonds. The number of nitrogens with two attached hydrogens (primary N) is 2. The second kappa shape index (κ2) is 7.82. The third-order valence-electron chi connectivity index (χ3n) is 1.59. The molecule has 0 aromatic heterocycles. The molecule has 0 aliphatic carbocycles. The average molecular weight is 209 g/mol. The molecule has 84 valence electrons. The highest BCUT2D eigenvalue weighted by Crippen LogP contribution is 2.02. The van der Waals surface area contributed by atoms with E-state index in [0.29, 0.717) is 12.1 Å². The minimum atomic E-state index is 0.110. The standard InChI is InChI=1S/C8H11N3O.C3H8/c9-5-6-1-3-7(4-2-6)8(10)11-12;1-3-2/h1-4,12H,5,9H2,(H2,10,11);3H2,1-2H3. The molecule has 1 rings (SSSR count). The predicted octanol–water partition coefficient (Wildman–Crippen LogP) is 1.66. The van der Waals surface area contributed by atoms with E-state index in [1.165, 1.54) is 6.42 Å². The van der Waals surface area contributed by atoms with Gasteiger partial charge in [0.15, 0.2) is 5.84 Å². The number of amidine groups is 1. The molecule has 0 saturated carbocycles. The molecule has 0 saturated heterocycles. The van der Waals surface area contributed by atoms with Crippen LogP contribution >= 0.6 is 0 Å². The molecule has 4 heteroatoms. The molecule has 0 spiro atoms. The maximum absolute atomic E-state index is 8.35. The van der Waals surface area contributed by atoms with Gasteiger partial charge in [0.2, 0.25) is 0 Å². The number of oxime groups is 1. The quantitative estimate of drug-likeness (QED) is 0.300.